The lowest BCUT2D eigenvalue weighted by Crippen LogP contribution is -2.27. The highest BCUT2D eigenvalue weighted by Gasteiger charge is 2.35. The van der Waals surface area contributed by atoms with Gasteiger partial charge in [-0.2, -0.15) is 0 Å². The zero-order valence-corrected chi connectivity index (χ0v) is 18.7. The minimum Gasteiger partial charge on any atom is -0.488 e. The van der Waals surface area contributed by atoms with Gasteiger partial charge in [-0.1, -0.05) is 70.5 Å². The van der Waals surface area contributed by atoms with Crippen molar-refractivity contribution < 1.29 is 18.7 Å². The van der Waals surface area contributed by atoms with Crippen molar-refractivity contribution in [2.75, 3.05) is 0 Å². The Morgan fingerprint density at radius 1 is 0.935 bits per heavy atom. The summed E-state index contributed by atoms with van der Waals surface area (Å²) in [4.78, 5) is 26.9. The van der Waals surface area contributed by atoms with Gasteiger partial charge in [-0.15, -0.1) is 0 Å². The van der Waals surface area contributed by atoms with Gasteiger partial charge in [-0.3, -0.25) is 14.5 Å². The van der Waals surface area contributed by atoms with Crippen LogP contribution in [0.15, 0.2) is 82.2 Å². The van der Waals surface area contributed by atoms with Crippen molar-refractivity contribution in [1.29, 1.82) is 0 Å². The average molecular weight is 498 g/mol. The van der Waals surface area contributed by atoms with Crippen LogP contribution in [0, 0.1) is 5.82 Å². The summed E-state index contributed by atoms with van der Waals surface area (Å²) in [6.07, 6.45) is 1.64. The van der Waals surface area contributed by atoms with Gasteiger partial charge in [0.25, 0.3) is 11.1 Å². The molecular formula is C24H17BrFNO3S. The lowest BCUT2D eigenvalue weighted by Gasteiger charge is -2.13. The van der Waals surface area contributed by atoms with Gasteiger partial charge in [0, 0.05) is 15.6 Å². The summed E-state index contributed by atoms with van der Waals surface area (Å²) < 4.78 is 20.5. The first-order valence-electron chi connectivity index (χ1n) is 9.47. The monoisotopic (exact) mass is 497 g/mol. The number of hydrogen-bond donors (Lipinski definition) is 0. The fourth-order valence-electron chi connectivity index (χ4n) is 3.08. The van der Waals surface area contributed by atoms with Crippen molar-refractivity contribution in [2.45, 2.75) is 13.2 Å². The Hall–Kier alpha value is -2.90. The fraction of sp³-hybridized carbons (Fsp3) is 0.0833. The van der Waals surface area contributed by atoms with E-state index in [1.165, 1.54) is 11.0 Å². The Morgan fingerprint density at radius 3 is 2.39 bits per heavy atom. The van der Waals surface area contributed by atoms with Crippen molar-refractivity contribution in [2.24, 2.45) is 0 Å². The molecule has 4 rings (SSSR count). The third-order valence-corrected chi connectivity index (χ3v) is 6.39. The molecule has 156 valence electrons. The first-order chi connectivity index (χ1) is 15.0. The maximum atomic E-state index is 13.9. The Balaban J connectivity index is 1.54. The average Bonchev–Trinajstić information content (AvgIpc) is 3.03. The second-order valence-corrected chi connectivity index (χ2v) is 8.62. The first kappa shape index (κ1) is 21.3. The molecule has 2 amide bonds. The van der Waals surface area contributed by atoms with Gasteiger partial charge in [0.1, 0.15) is 18.2 Å². The molecule has 0 unspecified atom stereocenters. The highest BCUT2D eigenvalue weighted by Crippen LogP contribution is 2.35. The highest BCUT2D eigenvalue weighted by molar-refractivity contribution is 9.10. The molecule has 1 saturated heterocycles. The van der Waals surface area contributed by atoms with Crippen LogP contribution in [0.1, 0.15) is 16.7 Å². The largest absolute Gasteiger partial charge is 0.488 e. The number of nitrogens with zero attached hydrogens (tertiary/aromatic N) is 1. The molecule has 0 spiro atoms. The minimum atomic E-state index is -0.352. The Bertz CT molecular complexity index is 1180. The smallest absolute Gasteiger partial charge is 0.293 e. The summed E-state index contributed by atoms with van der Waals surface area (Å²) >= 11 is 4.34. The number of carbonyl (C=O) groups excluding carboxylic acids is 2. The van der Waals surface area contributed by atoms with E-state index in [0.29, 0.717) is 21.8 Å². The molecule has 0 atom stereocenters. The van der Waals surface area contributed by atoms with E-state index in [-0.39, 0.29) is 30.1 Å². The van der Waals surface area contributed by atoms with Crippen LogP contribution >= 0.6 is 27.7 Å². The summed E-state index contributed by atoms with van der Waals surface area (Å²) in [6.45, 7) is 0.246. The predicted octanol–water partition coefficient (Wildman–Crippen LogP) is 6.40. The van der Waals surface area contributed by atoms with Crippen LogP contribution < -0.4 is 4.74 Å². The lowest BCUT2D eigenvalue weighted by atomic mass is 10.1. The number of rotatable bonds is 6. The van der Waals surface area contributed by atoms with Crippen LogP contribution in [0.5, 0.6) is 5.75 Å². The molecule has 0 radical (unpaired) electrons. The SMILES string of the molecule is O=C1S/C(=C\c2ccccc2OCc2ccccc2F)C(=O)N1Cc1ccccc1Br. The van der Waals surface area contributed by atoms with Crippen LogP contribution in [0.4, 0.5) is 9.18 Å². The zero-order valence-electron chi connectivity index (χ0n) is 16.3. The molecule has 0 aliphatic carbocycles. The van der Waals surface area contributed by atoms with Gasteiger partial charge in [-0.05, 0) is 41.6 Å². The third kappa shape index (κ3) is 4.89. The van der Waals surface area contributed by atoms with Crippen LogP contribution in [0.3, 0.4) is 0 Å². The molecule has 1 aliphatic rings. The number of benzene rings is 3. The molecule has 0 aromatic heterocycles. The van der Waals surface area contributed by atoms with E-state index < -0.39 is 0 Å². The van der Waals surface area contributed by atoms with Crippen LogP contribution in [0.25, 0.3) is 6.08 Å². The topological polar surface area (TPSA) is 46.6 Å². The second-order valence-electron chi connectivity index (χ2n) is 6.78. The van der Waals surface area contributed by atoms with E-state index in [0.717, 1.165) is 21.8 Å². The van der Waals surface area contributed by atoms with E-state index in [2.05, 4.69) is 15.9 Å². The molecule has 1 aliphatic heterocycles. The number of amides is 2. The molecule has 31 heavy (non-hydrogen) atoms. The van der Waals surface area contributed by atoms with E-state index in [1.54, 1.807) is 42.5 Å². The summed E-state index contributed by atoms with van der Waals surface area (Å²) in [5.41, 5.74) is 1.93. The molecule has 0 N–H and O–H groups in total. The van der Waals surface area contributed by atoms with Gasteiger partial charge in [0.2, 0.25) is 0 Å². The molecule has 3 aromatic rings. The number of hydrogen-bond acceptors (Lipinski definition) is 4. The standard InChI is InChI=1S/C24H17BrFNO3S/c25-19-10-4-1-8-17(19)14-27-23(28)22(31-24(27)29)13-16-7-3-6-12-21(16)30-15-18-9-2-5-11-20(18)26/h1-13H,14-15H2/b22-13-. The lowest BCUT2D eigenvalue weighted by molar-refractivity contribution is -0.123. The van der Waals surface area contributed by atoms with Crippen LogP contribution in [0.2, 0.25) is 0 Å². The predicted molar refractivity (Wildman–Crippen MR) is 123 cm³/mol. The van der Waals surface area contributed by atoms with Crippen LogP contribution in [-0.4, -0.2) is 16.0 Å². The Kier molecular flexibility index (Phi) is 6.53. The fourth-order valence-corrected chi connectivity index (χ4v) is 4.32. The number of carbonyl (C=O) groups is 2. The quantitative estimate of drug-likeness (QED) is 0.369. The molecule has 1 fully saturated rings. The minimum absolute atomic E-state index is 0.0566. The zero-order chi connectivity index (χ0) is 21.8. The van der Waals surface area contributed by atoms with Crippen molar-refractivity contribution >= 4 is 44.9 Å². The van der Waals surface area contributed by atoms with E-state index in [9.17, 15) is 14.0 Å². The molecule has 3 aromatic carbocycles. The molecule has 0 bridgehead atoms. The molecule has 1 heterocycles. The van der Waals surface area contributed by atoms with E-state index in [1.807, 2.05) is 30.3 Å². The number of thioether (sulfide) groups is 1. The van der Waals surface area contributed by atoms with Crippen molar-refractivity contribution in [3.05, 3.63) is 105 Å². The second kappa shape index (κ2) is 9.49. The van der Waals surface area contributed by atoms with Gasteiger partial charge < -0.3 is 4.74 Å². The van der Waals surface area contributed by atoms with E-state index in [4.69, 9.17) is 4.74 Å². The summed E-state index contributed by atoms with van der Waals surface area (Å²) in [5.74, 6) is -0.189. The van der Waals surface area contributed by atoms with Gasteiger partial charge in [0.15, 0.2) is 0 Å². The third-order valence-electron chi connectivity index (χ3n) is 4.71. The van der Waals surface area contributed by atoms with Gasteiger partial charge in [0.05, 0.1) is 11.4 Å². The normalized spacial score (nSPS) is 15.0. The summed E-state index contributed by atoms with van der Waals surface area (Å²) in [7, 11) is 0. The molecular weight excluding hydrogens is 481 g/mol. The van der Waals surface area contributed by atoms with E-state index >= 15 is 0 Å². The Labute approximate surface area is 191 Å². The van der Waals surface area contributed by atoms with Crippen molar-refractivity contribution in [1.82, 2.24) is 4.90 Å². The van der Waals surface area contributed by atoms with Crippen molar-refractivity contribution in [3.63, 3.8) is 0 Å². The summed E-state index contributed by atoms with van der Waals surface area (Å²) in [6, 6.07) is 21.0. The maximum absolute atomic E-state index is 13.9. The summed E-state index contributed by atoms with van der Waals surface area (Å²) in [5, 5.41) is -0.322. The first-order valence-corrected chi connectivity index (χ1v) is 11.1. The maximum Gasteiger partial charge on any atom is 0.293 e. The Morgan fingerprint density at radius 2 is 1.61 bits per heavy atom. The number of imide groups is 1. The highest BCUT2D eigenvalue weighted by atomic mass is 79.9. The molecule has 0 saturated carbocycles. The molecule has 7 heteroatoms. The van der Waals surface area contributed by atoms with Gasteiger partial charge in [-0.25, -0.2) is 4.39 Å². The van der Waals surface area contributed by atoms with Crippen LogP contribution in [-0.2, 0) is 17.9 Å². The van der Waals surface area contributed by atoms with Crippen molar-refractivity contribution in [3.8, 4) is 5.75 Å². The van der Waals surface area contributed by atoms with Gasteiger partial charge >= 0.3 is 0 Å². The number of para-hydroxylation sites is 1. The number of ether oxygens (including phenoxy) is 1. The molecule has 4 nitrogen and oxygen atoms in total. The number of halogens is 2.